The van der Waals surface area contributed by atoms with E-state index >= 15 is 0 Å². The van der Waals surface area contributed by atoms with Crippen LogP contribution in [-0.2, 0) is 6.18 Å². The first-order chi connectivity index (χ1) is 12.4. The molecule has 0 amide bonds. The van der Waals surface area contributed by atoms with Gasteiger partial charge in [-0.25, -0.2) is 4.98 Å². The number of nitrogens with one attached hydrogen (secondary N) is 1. The van der Waals surface area contributed by atoms with Crippen LogP contribution in [0.25, 0.3) is 0 Å². The topological polar surface area (TPSA) is 44.3 Å². The minimum atomic E-state index is -4.44. The average molecular weight is 365 g/mol. The monoisotopic (exact) mass is 365 g/mol. The molecule has 0 atom stereocenters. The van der Waals surface area contributed by atoms with E-state index in [9.17, 15) is 13.2 Å². The molecule has 1 saturated heterocycles. The van der Waals surface area contributed by atoms with Crippen LogP contribution >= 0.6 is 0 Å². The van der Waals surface area contributed by atoms with Crippen molar-refractivity contribution < 1.29 is 13.2 Å². The van der Waals surface area contributed by atoms with Gasteiger partial charge in [0.1, 0.15) is 5.82 Å². The lowest BCUT2D eigenvalue weighted by atomic mass is 10.1. The lowest BCUT2D eigenvalue weighted by Crippen LogP contribution is -2.46. The maximum absolute atomic E-state index is 13.2. The van der Waals surface area contributed by atoms with Crippen LogP contribution < -0.4 is 10.2 Å². The second kappa shape index (κ2) is 7.49. The van der Waals surface area contributed by atoms with Crippen molar-refractivity contribution in [2.75, 3.05) is 42.9 Å². The molecular weight excluding hydrogens is 343 g/mol. The Hall–Kier alpha value is -2.35. The molecule has 3 rings (SSSR count). The van der Waals surface area contributed by atoms with Gasteiger partial charge in [0.05, 0.1) is 11.3 Å². The number of hydrogen-bond donors (Lipinski definition) is 1. The quantitative estimate of drug-likeness (QED) is 0.895. The number of alkyl halides is 3. The summed E-state index contributed by atoms with van der Waals surface area (Å²) in [7, 11) is 0. The van der Waals surface area contributed by atoms with Gasteiger partial charge in [-0.1, -0.05) is 19.1 Å². The number of aromatic nitrogens is 2. The highest BCUT2D eigenvalue weighted by Crippen LogP contribution is 2.35. The van der Waals surface area contributed by atoms with Crippen LogP contribution in [0.4, 0.5) is 30.6 Å². The zero-order chi connectivity index (χ0) is 18.7. The predicted molar refractivity (Wildman–Crippen MR) is 95.8 cm³/mol. The normalized spacial score (nSPS) is 16.0. The number of para-hydroxylation sites is 1. The summed E-state index contributed by atoms with van der Waals surface area (Å²) in [5.74, 6) is 0.912. The van der Waals surface area contributed by atoms with E-state index < -0.39 is 11.7 Å². The van der Waals surface area contributed by atoms with Crippen molar-refractivity contribution in [3.63, 3.8) is 0 Å². The fourth-order valence-corrected chi connectivity index (χ4v) is 3.02. The molecule has 0 unspecified atom stereocenters. The first-order valence-corrected chi connectivity index (χ1v) is 8.63. The van der Waals surface area contributed by atoms with E-state index in [1.54, 1.807) is 6.07 Å². The maximum atomic E-state index is 13.2. The van der Waals surface area contributed by atoms with Gasteiger partial charge in [-0.3, -0.25) is 0 Å². The molecule has 0 spiro atoms. The third-order valence-corrected chi connectivity index (χ3v) is 4.46. The second-order valence-corrected chi connectivity index (χ2v) is 6.28. The summed E-state index contributed by atoms with van der Waals surface area (Å²) in [6, 6.07) is 7.21. The Morgan fingerprint density at radius 1 is 1.08 bits per heavy atom. The molecule has 140 valence electrons. The number of rotatable bonds is 4. The van der Waals surface area contributed by atoms with Crippen LogP contribution in [0, 0.1) is 6.92 Å². The number of likely N-dealkylation sites (N-methyl/N-ethyl adjacent to an activating group) is 1. The molecule has 0 bridgehead atoms. The molecule has 26 heavy (non-hydrogen) atoms. The lowest BCUT2D eigenvalue weighted by molar-refractivity contribution is -0.136. The minimum Gasteiger partial charge on any atom is -0.354 e. The number of aryl methyl sites for hydroxylation is 1. The SMILES string of the molecule is CCN1CCN(c2cc(C)nc(Nc3ccccc3C(F)(F)F)n2)CC1. The third-order valence-electron chi connectivity index (χ3n) is 4.46. The van der Waals surface area contributed by atoms with Gasteiger partial charge in [0, 0.05) is 37.9 Å². The van der Waals surface area contributed by atoms with Gasteiger partial charge in [-0.05, 0) is 25.6 Å². The molecule has 1 aromatic heterocycles. The van der Waals surface area contributed by atoms with Crippen molar-refractivity contribution in [3.8, 4) is 0 Å². The number of piperazine rings is 1. The summed E-state index contributed by atoms with van der Waals surface area (Å²) in [6.07, 6.45) is -4.44. The smallest absolute Gasteiger partial charge is 0.354 e. The Morgan fingerprint density at radius 2 is 1.77 bits per heavy atom. The van der Waals surface area contributed by atoms with Crippen LogP contribution in [0.5, 0.6) is 0 Å². The predicted octanol–water partition coefficient (Wildman–Crippen LogP) is 3.69. The number of halogens is 3. The van der Waals surface area contributed by atoms with Gasteiger partial charge in [0.25, 0.3) is 0 Å². The van der Waals surface area contributed by atoms with Crippen LogP contribution in [0.3, 0.4) is 0 Å². The lowest BCUT2D eigenvalue weighted by Gasteiger charge is -2.34. The fraction of sp³-hybridized carbons (Fsp3) is 0.444. The molecule has 1 N–H and O–H groups in total. The molecule has 1 fully saturated rings. The number of hydrogen-bond acceptors (Lipinski definition) is 5. The van der Waals surface area contributed by atoms with Crippen molar-refractivity contribution in [2.45, 2.75) is 20.0 Å². The molecule has 2 aromatic rings. The Labute approximate surface area is 150 Å². The van der Waals surface area contributed by atoms with Crippen molar-refractivity contribution in [1.29, 1.82) is 0 Å². The standard InChI is InChI=1S/C18H22F3N5/c1-3-25-8-10-26(11-9-25)16-12-13(2)22-17(24-16)23-15-7-5-4-6-14(15)18(19,20)21/h4-7,12H,3,8-11H2,1-2H3,(H,22,23,24). The second-order valence-electron chi connectivity index (χ2n) is 6.28. The van der Waals surface area contributed by atoms with Crippen LogP contribution in [0.1, 0.15) is 18.2 Å². The van der Waals surface area contributed by atoms with Gasteiger partial charge in [-0.15, -0.1) is 0 Å². The zero-order valence-corrected chi connectivity index (χ0v) is 14.8. The molecule has 5 nitrogen and oxygen atoms in total. The molecule has 1 aliphatic heterocycles. The van der Waals surface area contributed by atoms with Crippen LogP contribution in [0.15, 0.2) is 30.3 Å². The summed E-state index contributed by atoms with van der Waals surface area (Å²) < 4.78 is 39.5. The minimum absolute atomic E-state index is 0.0487. The molecular formula is C18H22F3N5. The fourth-order valence-electron chi connectivity index (χ4n) is 3.02. The highest BCUT2D eigenvalue weighted by Gasteiger charge is 2.33. The zero-order valence-electron chi connectivity index (χ0n) is 14.8. The Balaban J connectivity index is 1.83. The highest BCUT2D eigenvalue weighted by atomic mass is 19.4. The van der Waals surface area contributed by atoms with Gasteiger partial charge < -0.3 is 15.1 Å². The summed E-state index contributed by atoms with van der Waals surface area (Å²) >= 11 is 0. The Morgan fingerprint density at radius 3 is 2.42 bits per heavy atom. The molecule has 1 aliphatic rings. The summed E-state index contributed by atoms with van der Waals surface area (Å²) in [6.45, 7) is 8.51. The number of anilines is 3. The first kappa shape index (κ1) is 18.4. The van der Waals surface area contributed by atoms with E-state index in [4.69, 9.17) is 0 Å². The van der Waals surface area contributed by atoms with Crippen molar-refractivity contribution in [3.05, 3.63) is 41.6 Å². The van der Waals surface area contributed by atoms with Crippen LogP contribution in [-0.4, -0.2) is 47.6 Å². The number of nitrogens with zero attached hydrogens (tertiary/aromatic N) is 4. The first-order valence-electron chi connectivity index (χ1n) is 8.63. The Kier molecular flexibility index (Phi) is 5.31. The largest absolute Gasteiger partial charge is 0.418 e. The molecule has 0 radical (unpaired) electrons. The van der Waals surface area contributed by atoms with E-state index in [0.29, 0.717) is 5.69 Å². The van der Waals surface area contributed by atoms with Gasteiger partial charge in [-0.2, -0.15) is 18.2 Å². The van der Waals surface area contributed by atoms with Crippen molar-refractivity contribution >= 4 is 17.5 Å². The van der Waals surface area contributed by atoms with E-state index in [1.807, 2.05) is 13.0 Å². The summed E-state index contributed by atoms with van der Waals surface area (Å²) in [4.78, 5) is 13.2. The molecule has 0 aliphatic carbocycles. The summed E-state index contributed by atoms with van der Waals surface area (Å²) in [5, 5.41) is 2.74. The van der Waals surface area contributed by atoms with Crippen molar-refractivity contribution in [2.24, 2.45) is 0 Å². The van der Waals surface area contributed by atoms with E-state index in [-0.39, 0.29) is 11.6 Å². The average Bonchev–Trinajstić information content (AvgIpc) is 2.61. The molecule has 2 heterocycles. The molecule has 8 heteroatoms. The van der Waals surface area contributed by atoms with E-state index in [0.717, 1.165) is 44.6 Å². The van der Waals surface area contributed by atoms with Gasteiger partial charge in [0.2, 0.25) is 5.95 Å². The van der Waals surface area contributed by atoms with E-state index in [2.05, 4.69) is 32.0 Å². The maximum Gasteiger partial charge on any atom is 0.418 e. The molecule has 0 saturated carbocycles. The van der Waals surface area contributed by atoms with Crippen LogP contribution in [0.2, 0.25) is 0 Å². The van der Waals surface area contributed by atoms with Crippen molar-refractivity contribution in [1.82, 2.24) is 14.9 Å². The summed E-state index contributed by atoms with van der Waals surface area (Å²) in [5.41, 5.74) is -0.0736. The Bertz CT molecular complexity index is 755. The molecule has 1 aromatic carbocycles. The number of benzene rings is 1. The third kappa shape index (κ3) is 4.24. The van der Waals surface area contributed by atoms with Gasteiger partial charge >= 0.3 is 6.18 Å². The van der Waals surface area contributed by atoms with Gasteiger partial charge in [0.15, 0.2) is 0 Å². The highest BCUT2D eigenvalue weighted by molar-refractivity contribution is 5.60. The van der Waals surface area contributed by atoms with E-state index in [1.165, 1.54) is 12.1 Å².